The van der Waals surface area contributed by atoms with E-state index in [9.17, 15) is 4.79 Å². The number of nitrogens with one attached hydrogen (secondary N) is 1. The number of anilines is 1. The zero-order chi connectivity index (χ0) is 16.5. The molecule has 4 nitrogen and oxygen atoms in total. The number of esters is 1. The molecule has 1 saturated heterocycles. The summed E-state index contributed by atoms with van der Waals surface area (Å²) in [7, 11) is 0. The second-order valence-electron chi connectivity index (χ2n) is 6.62. The Morgan fingerprint density at radius 3 is 2.75 bits per heavy atom. The van der Waals surface area contributed by atoms with Crippen LogP contribution in [-0.2, 0) is 11.2 Å². The summed E-state index contributed by atoms with van der Waals surface area (Å²) >= 11 is 0. The van der Waals surface area contributed by atoms with Crippen LogP contribution >= 0.6 is 0 Å². The lowest BCUT2D eigenvalue weighted by molar-refractivity contribution is -0.137. The van der Waals surface area contributed by atoms with Crippen molar-refractivity contribution in [1.82, 2.24) is 5.32 Å². The minimum atomic E-state index is -0.206. The molecule has 0 saturated carbocycles. The van der Waals surface area contributed by atoms with E-state index in [2.05, 4.69) is 28.4 Å². The molecule has 0 spiro atoms. The summed E-state index contributed by atoms with van der Waals surface area (Å²) < 4.78 is 5.69. The van der Waals surface area contributed by atoms with Gasteiger partial charge in [0.15, 0.2) is 0 Å². The first-order chi connectivity index (χ1) is 11.7. The van der Waals surface area contributed by atoms with Gasteiger partial charge in [-0.15, -0.1) is 0 Å². The molecule has 0 aliphatic carbocycles. The van der Waals surface area contributed by atoms with Gasteiger partial charge in [0.25, 0.3) is 0 Å². The van der Waals surface area contributed by atoms with Crippen LogP contribution in [0, 0.1) is 6.92 Å². The number of aryl methyl sites for hydroxylation is 1. The van der Waals surface area contributed by atoms with Crippen molar-refractivity contribution in [3.63, 3.8) is 0 Å². The largest absolute Gasteiger partial charge is 0.426 e. The summed E-state index contributed by atoms with van der Waals surface area (Å²) in [5, 5.41) is 3.36. The minimum absolute atomic E-state index is 0.148. The minimum Gasteiger partial charge on any atom is -0.426 e. The molecule has 2 heterocycles. The maximum Gasteiger partial charge on any atom is 0.319 e. The Bertz CT molecular complexity index is 766. The van der Waals surface area contributed by atoms with Gasteiger partial charge in [0.05, 0.1) is 5.92 Å². The third-order valence-electron chi connectivity index (χ3n) is 4.90. The van der Waals surface area contributed by atoms with Gasteiger partial charge in [-0.3, -0.25) is 4.79 Å². The molecule has 1 fully saturated rings. The van der Waals surface area contributed by atoms with E-state index in [1.165, 1.54) is 5.56 Å². The number of piperazine rings is 1. The van der Waals surface area contributed by atoms with Crippen molar-refractivity contribution >= 4 is 11.7 Å². The standard InChI is InChI=1S/C20H22N2O2/c1-14-3-2-4-15(11-14)18-12-16-5-6-17(13-19(16)24-20(18)23)22-9-7-21-8-10-22/h2-6,11,13,18,21H,7-10,12H2,1H3. The van der Waals surface area contributed by atoms with Gasteiger partial charge >= 0.3 is 5.97 Å². The Balaban J connectivity index is 1.60. The van der Waals surface area contributed by atoms with Crippen LogP contribution in [0.3, 0.4) is 0 Å². The second-order valence-corrected chi connectivity index (χ2v) is 6.62. The van der Waals surface area contributed by atoms with Crippen LogP contribution in [0.4, 0.5) is 5.69 Å². The summed E-state index contributed by atoms with van der Waals surface area (Å²) in [6.07, 6.45) is 0.708. The predicted molar refractivity (Wildman–Crippen MR) is 94.8 cm³/mol. The fraction of sp³-hybridized carbons (Fsp3) is 0.350. The van der Waals surface area contributed by atoms with E-state index in [1.54, 1.807) is 0 Å². The molecule has 0 aromatic heterocycles. The fourth-order valence-electron chi connectivity index (χ4n) is 3.55. The van der Waals surface area contributed by atoms with Gasteiger partial charge in [0.2, 0.25) is 0 Å². The lowest BCUT2D eigenvalue weighted by Crippen LogP contribution is -2.43. The Hall–Kier alpha value is -2.33. The fourth-order valence-corrected chi connectivity index (χ4v) is 3.55. The Kier molecular flexibility index (Phi) is 3.98. The van der Waals surface area contributed by atoms with Crippen LogP contribution in [0.25, 0.3) is 0 Å². The maximum atomic E-state index is 12.5. The van der Waals surface area contributed by atoms with Crippen molar-refractivity contribution in [1.29, 1.82) is 0 Å². The van der Waals surface area contributed by atoms with Gasteiger partial charge in [0.1, 0.15) is 5.75 Å². The zero-order valence-corrected chi connectivity index (χ0v) is 13.9. The van der Waals surface area contributed by atoms with Crippen LogP contribution < -0.4 is 15.0 Å². The van der Waals surface area contributed by atoms with Crippen molar-refractivity contribution in [2.75, 3.05) is 31.1 Å². The topological polar surface area (TPSA) is 41.6 Å². The molecule has 124 valence electrons. The molecule has 1 N–H and O–H groups in total. The highest BCUT2D eigenvalue weighted by molar-refractivity contribution is 5.83. The van der Waals surface area contributed by atoms with E-state index < -0.39 is 0 Å². The number of hydrogen-bond acceptors (Lipinski definition) is 4. The molecule has 24 heavy (non-hydrogen) atoms. The molecule has 0 bridgehead atoms. The average molecular weight is 322 g/mol. The van der Waals surface area contributed by atoms with E-state index in [-0.39, 0.29) is 11.9 Å². The molecule has 4 rings (SSSR count). The van der Waals surface area contributed by atoms with Crippen LogP contribution in [0.15, 0.2) is 42.5 Å². The highest BCUT2D eigenvalue weighted by Crippen LogP contribution is 2.36. The highest BCUT2D eigenvalue weighted by atomic mass is 16.5. The first-order valence-corrected chi connectivity index (χ1v) is 8.57. The van der Waals surface area contributed by atoms with Crippen molar-refractivity contribution < 1.29 is 9.53 Å². The number of fused-ring (bicyclic) bond motifs is 1. The Morgan fingerprint density at radius 2 is 1.96 bits per heavy atom. The first kappa shape index (κ1) is 15.2. The Labute approximate surface area is 142 Å². The van der Waals surface area contributed by atoms with Crippen LogP contribution in [0.2, 0.25) is 0 Å². The average Bonchev–Trinajstić information content (AvgIpc) is 2.61. The van der Waals surface area contributed by atoms with E-state index in [1.807, 2.05) is 31.2 Å². The summed E-state index contributed by atoms with van der Waals surface area (Å²) in [5.41, 5.74) is 4.45. The van der Waals surface area contributed by atoms with Gasteiger partial charge in [-0.1, -0.05) is 35.9 Å². The molecule has 4 heteroatoms. The first-order valence-electron chi connectivity index (χ1n) is 8.57. The highest BCUT2D eigenvalue weighted by Gasteiger charge is 2.30. The lowest BCUT2D eigenvalue weighted by atomic mass is 9.89. The number of nitrogens with zero attached hydrogens (tertiary/aromatic N) is 1. The SMILES string of the molecule is Cc1cccc(C2Cc3ccc(N4CCNCC4)cc3OC2=O)c1. The molecule has 2 aromatic rings. The van der Waals surface area contributed by atoms with Crippen LogP contribution in [0.1, 0.15) is 22.6 Å². The number of carbonyl (C=O) groups is 1. The molecular weight excluding hydrogens is 300 g/mol. The monoisotopic (exact) mass is 322 g/mol. The van der Waals surface area contributed by atoms with Gasteiger partial charge in [-0.25, -0.2) is 0 Å². The smallest absolute Gasteiger partial charge is 0.319 e. The van der Waals surface area contributed by atoms with E-state index in [0.717, 1.165) is 48.7 Å². The van der Waals surface area contributed by atoms with E-state index in [0.29, 0.717) is 6.42 Å². The van der Waals surface area contributed by atoms with E-state index >= 15 is 0 Å². The van der Waals surface area contributed by atoms with Crippen molar-refractivity contribution in [3.05, 3.63) is 59.2 Å². The van der Waals surface area contributed by atoms with E-state index in [4.69, 9.17) is 4.74 Å². The molecule has 2 aliphatic rings. The molecule has 0 radical (unpaired) electrons. The summed E-state index contributed by atoms with van der Waals surface area (Å²) in [6, 6.07) is 14.4. The van der Waals surface area contributed by atoms with Crippen molar-refractivity contribution in [3.8, 4) is 5.75 Å². The number of hydrogen-bond donors (Lipinski definition) is 1. The normalized spacial score (nSPS) is 20.5. The molecule has 1 unspecified atom stereocenters. The van der Waals surface area contributed by atoms with Gasteiger partial charge in [-0.2, -0.15) is 0 Å². The molecule has 2 aliphatic heterocycles. The van der Waals surface area contributed by atoms with Crippen molar-refractivity contribution in [2.24, 2.45) is 0 Å². The molecular formula is C20H22N2O2. The summed E-state index contributed by atoms with van der Waals surface area (Å²) in [5.74, 6) is 0.368. The third-order valence-corrected chi connectivity index (χ3v) is 4.90. The third kappa shape index (κ3) is 2.89. The lowest BCUT2D eigenvalue weighted by Gasteiger charge is -2.31. The number of rotatable bonds is 2. The number of benzene rings is 2. The number of ether oxygens (including phenoxy) is 1. The predicted octanol–water partition coefficient (Wildman–Crippen LogP) is 2.65. The maximum absolute atomic E-state index is 12.5. The number of carbonyl (C=O) groups excluding carboxylic acids is 1. The summed E-state index contributed by atoms with van der Waals surface area (Å²) in [4.78, 5) is 14.8. The molecule has 2 aromatic carbocycles. The molecule has 1 atom stereocenters. The van der Waals surface area contributed by atoms with Gasteiger partial charge < -0.3 is 15.0 Å². The summed E-state index contributed by atoms with van der Waals surface area (Å²) in [6.45, 7) is 6.00. The van der Waals surface area contributed by atoms with Crippen LogP contribution in [0.5, 0.6) is 5.75 Å². The van der Waals surface area contributed by atoms with Gasteiger partial charge in [0, 0.05) is 37.9 Å². The zero-order valence-electron chi connectivity index (χ0n) is 13.9. The van der Waals surface area contributed by atoms with Crippen LogP contribution in [-0.4, -0.2) is 32.1 Å². The second kappa shape index (κ2) is 6.29. The molecule has 0 amide bonds. The van der Waals surface area contributed by atoms with Gasteiger partial charge in [-0.05, 0) is 30.5 Å². The Morgan fingerprint density at radius 1 is 1.12 bits per heavy atom. The van der Waals surface area contributed by atoms with Crippen molar-refractivity contribution in [2.45, 2.75) is 19.3 Å². The quantitative estimate of drug-likeness (QED) is 0.682.